The maximum atomic E-state index is 13.6. The van der Waals surface area contributed by atoms with Crippen LogP contribution < -0.4 is 5.32 Å². The lowest BCUT2D eigenvalue weighted by molar-refractivity contribution is 0.0950. The van der Waals surface area contributed by atoms with Crippen LogP contribution in [0.25, 0.3) is 5.69 Å². The summed E-state index contributed by atoms with van der Waals surface area (Å²) in [6.45, 7) is 1.93. The number of rotatable bonds is 4. The first-order valence-corrected chi connectivity index (χ1v) is 7.76. The minimum Gasteiger partial charge on any atom is -0.348 e. The van der Waals surface area contributed by atoms with Crippen molar-refractivity contribution >= 4 is 17.5 Å². The van der Waals surface area contributed by atoms with Crippen molar-refractivity contribution in [3.05, 3.63) is 82.4 Å². The van der Waals surface area contributed by atoms with Crippen molar-refractivity contribution in [1.82, 2.24) is 15.1 Å². The van der Waals surface area contributed by atoms with Gasteiger partial charge in [-0.25, -0.2) is 9.07 Å². The number of benzene rings is 2. The van der Waals surface area contributed by atoms with Crippen LogP contribution in [0.4, 0.5) is 4.39 Å². The van der Waals surface area contributed by atoms with Crippen LogP contribution in [0.1, 0.15) is 21.6 Å². The maximum absolute atomic E-state index is 13.6. The second-order valence-corrected chi connectivity index (χ2v) is 5.74. The van der Waals surface area contributed by atoms with Crippen molar-refractivity contribution in [3.8, 4) is 5.69 Å². The van der Waals surface area contributed by atoms with Crippen LogP contribution in [0, 0.1) is 12.7 Å². The van der Waals surface area contributed by atoms with E-state index in [4.69, 9.17) is 11.6 Å². The molecule has 0 fully saturated rings. The third kappa shape index (κ3) is 3.31. The van der Waals surface area contributed by atoms with E-state index < -0.39 is 0 Å². The number of nitrogens with zero attached hydrogens (tertiary/aromatic N) is 2. The van der Waals surface area contributed by atoms with Gasteiger partial charge >= 0.3 is 0 Å². The van der Waals surface area contributed by atoms with E-state index >= 15 is 0 Å². The molecule has 122 valence electrons. The molecule has 0 saturated heterocycles. The Labute approximate surface area is 143 Å². The molecule has 0 aliphatic rings. The van der Waals surface area contributed by atoms with Crippen LogP contribution in [-0.2, 0) is 6.54 Å². The quantitative estimate of drug-likeness (QED) is 0.781. The van der Waals surface area contributed by atoms with E-state index in [1.165, 1.54) is 12.3 Å². The molecule has 3 aromatic rings. The Morgan fingerprint density at radius 2 is 1.92 bits per heavy atom. The van der Waals surface area contributed by atoms with Crippen LogP contribution in [0.3, 0.4) is 0 Å². The Balaban J connectivity index is 1.76. The van der Waals surface area contributed by atoms with E-state index in [9.17, 15) is 9.18 Å². The number of carbonyl (C=O) groups excluding carboxylic acids is 1. The van der Waals surface area contributed by atoms with Gasteiger partial charge in [-0.2, -0.15) is 5.10 Å². The number of halogens is 2. The molecule has 0 spiro atoms. The molecular formula is C18H15ClFN3O. The van der Waals surface area contributed by atoms with Crippen LogP contribution in [0.15, 0.2) is 54.7 Å². The summed E-state index contributed by atoms with van der Waals surface area (Å²) in [5.41, 5.74) is 2.39. The third-order valence-corrected chi connectivity index (χ3v) is 3.97. The lowest BCUT2D eigenvalue weighted by Crippen LogP contribution is -2.23. The fourth-order valence-corrected chi connectivity index (χ4v) is 2.51. The zero-order chi connectivity index (χ0) is 17.1. The minimum atomic E-state index is -0.341. The molecule has 6 heteroatoms. The average molecular weight is 344 g/mol. The smallest absolute Gasteiger partial charge is 0.255 e. The zero-order valence-corrected chi connectivity index (χ0v) is 13.7. The van der Waals surface area contributed by atoms with Gasteiger partial charge in [0.15, 0.2) is 0 Å². The summed E-state index contributed by atoms with van der Waals surface area (Å²) in [7, 11) is 0. The van der Waals surface area contributed by atoms with Crippen molar-refractivity contribution in [2.75, 3.05) is 0 Å². The number of hydrogen-bond acceptors (Lipinski definition) is 2. The minimum absolute atomic E-state index is 0.122. The van der Waals surface area contributed by atoms with Crippen molar-refractivity contribution in [2.24, 2.45) is 0 Å². The molecule has 0 radical (unpaired) electrons. The molecule has 0 aliphatic carbocycles. The van der Waals surface area contributed by atoms with E-state index in [1.54, 1.807) is 41.9 Å². The van der Waals surface area contributed by atoms with E-state index in [-0.39, 0.29) is 18.3 Å². The highest BCUT2D eigenvalue weighted by Crippen LogP contribution is 2.17. The molecule has 3 rings (SSSR count). The number of aromatic nitrogens is 2. The SMILES string of the molecule is Cc1c(C(=O)NCc2ccccc2F)cnn1-c1ccc(Cl)cc1. The molecule has 0 saturated carbocycles. The van der Waals surface area contributed by atoms with Gasteiger partial charge in [-0.15, -0.1) is 0 Å². The molecule has 4 nitrogen and oxygen atoms in total. The van der Waals surface area contributed by atoms with Gasteiger partial charge in [-0.05, 0) is 37.3 Å². The van der Waals surface area contributed by atoms with E-state index in [2.05, 4.69) is 10.4 Å². The summed E-state index contributed by atoms with van der Waals surface area (Å²) in [5.74, 6) is -0.637. The summed E-state index contributed by atoms with van der Waals surface area (Å²) in [6, 6.07) is 13.5. The largest absolute Gasteiger partial charge is 0.348 e. The monoisotopic (exact) mass is 343 g/mol. The molecule has 24 heavy (non-hydrogen) atoms. The Bertz CT molecular complexity index is 874. The molecule has 0 unspecified atom stereocenters. The van der Waals surface area contributed by atoms with Gasteiger partial charge in [0.1, 0.15) is 5.82 Å². The number of hydrogen-bond donors (Lipinski definition) is 1. The van der Waals surface area contributed by atoms with E-state index in [0.717, 1.165) is 5.69 Å². The molecule has 0 atom stereocenters. The molecule has 1 amide bonds. The average Bonchev–Trinajstić information content (AvgIpc) is 2.96. The van der Waals surface area contributed by atoms with E-state index in [0.29, 0.717) is 21.8 Å². The first kappa shape index (κ1) is 16.2. The van der Waals surface area contributed by atoms with Gasteiger partial charge in [0.2, 0.25) is 0 Å². The van der Waals surface area contributed by atoms with E-state index in [1.807, 2.05) is 12.1 Å². The fraction of sp³-hybridized carbons (Fsp3) is 0.111. The molecule has 0 bridgehead atoms. The lowest BCUT2D eigenvalue weighted by Gasteiger charge is -2.07. The molecule has 0 aliphatic heterocycles. The van der Waals surface area contributed by atoms with Crippen molar-refractivity contribution in [1.29, 1.82) is 0 Å². The normalized spacial score (nSPS) is 10.6. The predicted octanol–water partition coefficient (Wildman–Crippen LogP) is 3.90. The topological polar surface area (TPSA) is 46.9 Å². The van der Waals surface area contributed by atoms with Crippen LogP contribution >= 0.6 is 11.6 Å². The molecule has 2 aromatic carbocycles. The lowest BCUT2D eigenvalue weighted by atomic mass is 10.2. The van der Waals surface area contributed by atoms with Gasteiger partial charge in [0.25, 0.3) is 5.91 Å². The Morgan fingerprint density at radius 3 is 2.62 bits per heavy atom. The van der Waals surface area contributed by atoms with Crippen molar-refractivity contribution < 1.29 is 9.18 Å². The first-order valence-electron chi connectivity index (χ1n) is 7.38. The summed E-state index contributed by atoms with van der Waals surface area (Å²) in [6.07, 6.45) is 1.50. The fourth-order valence-electron chi connectivity index (χ4n) is 2.39. The van der Waals surface area contributed by atoms with Gasteiger partial charge in [-0.1, -0.05) is 29.8 Å². The summed E-state index contributed by atoms with van der Waals surface area (Å²) >= 11 is 5.88. The predicted molar refractivity (Wildman–Crippen MR) is 90.9 cm³/mol. The highest BCUT2D eigenvalue weighted by molar-refractivity contribution is 6.30. The number of carbonyl (C=O) groups is 1. The van der Waals surface area contributed by atoms with Gasteiger partial charge in [0.05, 0.1) is 23.1 Å². The Kier molecular flexibility index (Phi) is 4.62. The van der Waals surface area contributed by atoms with Crippen LogP contribution in [-0.4, -0.2) is 15.7 Å². The molecular weight excluding hydrogens is 329 g/mol. The maximum Gasteiger partial charge on any atom is 0.255 e. The summed E-state index contributed by atoms with van der Waals surface area (Å²) < 4.78 is 15.3. The Hall–Kier alpha value is -2.66. The third-order valence-electron chi connectivity index (χ3n) is 3.72. The van der Waals surface area contributed by atoms with Crippen LogP contribution in [0.5, 0.6) is 0 Å². The van der Waals surface area contributed by atoms with Gasteiger partial charge in [0, 0.05) is 17.1 Å². The highest BCUT2D eigenvalue weighted by Gasteiger charge is 2.15. The standard InChI is InChI=1S/C18H15ClFN3O/c1-12-16(11-22-23(12)15-8-6-14(19)7-9-15)18(24)21-10-13-4-2-3-5-17(13)20/h2-9,11H,10H2,1H3,(H,21,24). The van der Waals surface area contributed by atoms with Gasteiger partial charge in [-0.3, -0.25) is 4.79 Å². The molecule has 1 N–H and O–H groups in total. The number of nitrogens with one attached hydrogen (secondary N) is 1. The number of amides is 1. The Morgan fingerprint density at radius 1 is 1.21 bits per heavy atom. The van der Waals surface area contributed by atoms with Gasteiger partial charge < -0.3 is 5.32 Å². The highest BCUT2D eigenvalue weighted by atomic mass is 35.5. The molecule has 1 heterocycles. The first-order chi connectivity index (χ1) is 11.6. The zero-order valence-electron chi connectivity index (χ0n) is 13.0. The summed E-state index contributed by atoms with van der Waals surface area (Å²) in [5, 5.41) is 7.60. The second-order valence-electron chi connectivity index (χ2n) is 5.31. The van der Waals surface area contributed by atoms with Crippen LogP contribution in [0.2, 0.25) is 5.02 Å². The second kappa shape index (κ2) is 6.84. The van der Waals surface area contributed by atoms with Crippen molar-refractivity contribution in [2.45, 2.75) is 13.5 Å². The molecule has 1 aromatic heterocycles. The van der Waals surface area contributed by atoms with Crippen molar-refractivity contribution in [3.63, 3.8) is 0 Å². The summed E-state index contributed by atoms with van der Waals surface area (Å²) in [4.78, 5) is 12.3.